The minimum absolute atomic E-state index is 0.201. The average Bonchev–Trinajstić information content (AvgIpc) is 2.72. The van der Waals surface area contributed by atoms with Gasteiger partial charge in [0.1, 0.15) is 11.8 Å². The van der Waals surface area contributed by atoms with Gasteiger partial charge in [-0.25, -0.2) is 0 Å². The van der Waals surface area contributed by atoms with E-state index in [1.165, 1.54) is 4.90 Å². The van der Waals surface area contributed by atoms with Crippen molar-refractivity contribution in [2.75, 3.05) is 13.2 Å². The highest BCUT2D eigenvalue weighted by molar-refractivity contribution is 9.10. The fraction of sp³-hybridized carbons (Fsp3) is 0.364. The van der Waals surface area contributed by atoms with Crippen molar-refractivity contribution in [3.63, 3.8) is 0 Å². The molecule has 0 heterocycles. The van der Waals surface area contributed by atoms with Crippen molar-refractivity contribution in [2.24, 2.45) is 0 Å². The van der Waals surface area contributed by atoms with Gasteiger partial charge in [-0.3, -0.25) is 9.59 Å². The van der Waals surface area contributed by atoms with Crippen LogP contribution < -0.4 is 10.1 Å². The van der Waals surface area contributed by atoms with Gasteiger partial charge in [-0.2, -0.15) is 0 Å². The van der Waals surface area contributed by atoms with E-state index in [4.69, 9.17) is 27.9 Å². The molecule has 0 fully saturated rings. The minimum Gasteiger partial charge on any atom is -0.482 e. The van der Waals surface area contributed by atoms with Crippen LogP contribution in [0.3, 0.4) is 0 Å². The molecule has 1 atom stereocenters. The van der Waals surface area contributed by atoms with Gasteiger partial charge in [0, 0.05) is 22.6 Å². The maximum absolute atomic E-state index is 13.0. The average molecular weight is 516 g/mol. The first-order valence-corrected chi connectivity index (χ1v) is 11.3. The van der Waals surface area contributed by atoms with Gasteiger partial charge in [-0.15, -0.1) is 0 Å². The molecule has 0 aliphatic rings. The molecular weight excluding hydrogens is 491 g/mol. The van der Waals surface area contributed by atoms with E-state index in [2.05, 4.69) is 28.2 Å². The number of ether oxygens (including phenoxy) is 1. The molecule has 8 heteroatoms. The molecule has 2 amide bonds. The van der Waals surface area contributed by atoms with Gasteiger partial charge in [0.15, 0.2) is 6.61 Å². The summed E-state index contributed by atoms with van der Waals surface area (Å²) < 4.78 is 6.44. The molecule has 0 aliphatic carbocycles. The van der Waals surface area contributed by atoms with Crippen molar-refractivity contribution >= 4 is 50.9 Å². The number of nitrogens with zero attached hydrogens (tertiary/aromatic N) is 1. The first kappa shape index (κ1) is 24.5. The van der Waals surface area contributed by atoms with Crippen LogP contribution >= 0.6 is 39.1 Å². The Morgan fingerprint density at radius 1 is 1.17 bits per heavy atom. The maximum atomic E-state index is 13.0. The molecule has 0 bridgehead atoms. The molecule has 0 aliphatic heterocycles. The van der Waals surface area contributed by atoms with E-state index in [0.717, 1.165) is 22.9 Å². The van der Waals surface area contributed by atoms with Crippen molar-refractivity contribution in [1.82, 2.24) is 10.2 Å². The number of hydrogen-bond acceptors (Lipinski definition) is 3. The summed E-state index contributed by atoms with van der Waals surface area (Å²) >= 11 is 15.5. The molecule has 0 spiro atoms. The summed E-state index contributed by atoms with van der Waals surface area (Å²) in [5.41, 5.74) is 0.864. The van der Waals surface area contributed by atoms with Gasteiger partial charge in [0.2, 0.25) is 5.91 Å². The second-order valence-corrected chi connectivity index (χ2v) is 8.59. The molecule has 5 nitrogen and oxygen atoms in total. The lowest BCUT2D eigenvalue weighted by molar-refractivity contribution is -0.142. The topological polar surface area (TPSA) is 58.6 Å². The third-order valence-electron chi connectivity index (χ3n) is 4.51. The molecule has 0 saturated carbocycles. The van der Waals surface area contributed by atoms with E-state index >= 15 is 0 Å². The highest BCUT2D eigenvalue weighted by Crippen LogP contribution is 2.27. The monoisotopic (exact) mass is 514 g/mol. The number of carbonyl (C=O) groups excluding carboxylic acids is 2. The number of benzene rings is 2. The van der Waals surface area contributed by atoms with Crippen molar-refractivity contribution in [1.29, 1.82) is 0 Å². The van der Waals surface area contributed by atoms with Crippen molar-refractivity contribution < 1.29 is 14.3 Å². The van der Waals surface area contributed by atoms with Crippen LogP contribution in [0.2, 0.25) is 10.0 Å². The number of carbonyl (C=O) groups is 2. The van der Waals surface area contributed by atoms with Crippen LogP contribution in [0.1, 0.15) is 32.3 Å². The zero-order valence-electron chi connectivity index (χ0n) is 17.0. The molecule has 2 aromatic rings. The SMILES string of the molecule is CCCCNC(=O)C(C)N(Cc1ccc(Cl)cc1)C(=O)COc1ccc(Br)cc1Cl. The molecule has 2 rings (SSSR count). The Morgan fingerprint density at radius 3 is 2.50 bits per heavy atom. The van der Waals surface area contributed by atoms with Crippen LogP contribution in [-0.2, 0) is 16.1 Å². The van der Waals surface area contributed by atoms with Crippen LogP contribution in [-0.4, -0.2) is 35.9 Å². The number of rotatable bonds is 10. The Labute approximate surface area is 195 Å². The molecule has 1 unspecified atom stereocenters. The first-order valence-electron chi connectivity index (χ1n) is 9.71. The summed E-state index contributed by atoms with van der Waals surface area (Å²) in [7, 11) is 0. The Morgan fingerprint density at radius 2 is 1.87 bits per heavy atom. The second-order valence-electron chi connectivity index (χ2n) is 6.83. The number of unbranched alkanes of at least 4 members (excludes halogenated alkanes) is 1. The molecule has 1 N–H and O–H groups in total. The fourth-order valence-corrected chi connectivity index (χ4v) is 3.57. The summed E-state index contributed by atoms with van der Waals surface area (Å²) in [6.07, 6.45) is 1.86. The Balaban J connectivity index is 2.12. The van der Waals surface area contributed by atoms with Gasteiger partial charge < -0.3 is 15.0 Å². The highest BCUT2D eigenvalue weighted by atomic mass is 79.9. The van der Waals surface area contributed by atoms with Crippen molar-refractivity contribution in [2.45, 2.75) is 39.3 Å². The summed E-state index contributed by atoms with van der Waals surface area (Å²) in [5.74, 6) is -0.116. The molecule has 30 heavy (non-hydrogen) atoms. The largest absolute Gasteiger partial charge is 0.482 e. The van der Waals surface area contributed by atoms with Gasteiger partial charge in [0.05, 0.1) is 5.02 Å². The Hall–Kier alpha value is -1.76. The van der Waals surface area contributed by atoms with Crippen LogP contribution in [0.5, 0.6) is 5.75 Å². The zero-order chi connectivity index (χ0) is 22.1. The van der Waals surface area contributed by atoms with Gasteiger partial charge in [-0.1, -0.05) is 64.6 Å². The molecule has 0 radical (unpaired) electrons. The van der Waals surface area contributed by atoms with Crippen LogP contribution in [0.25, 0.3) is 0 Å². The molecular formula is C22H25BrCl2N2O3. The van der Waals surface area contributed by atoms with Crippen LogP contribution in [0.15, 0.2) is 46.9 Å². The lowest BCUT2D eigenvalue weighted by Crippen LogP contribution is -2.49. The van der Waals surface area contributed by atoms with E-state index in [-0.39, 0.29) is 25.0 Å². The summed E-state index contributed by atoms with van der Waals surface area (Å²) in [4.78, 5) is 27.1. The predicted molar refractivity (Wildman–Crippen MR) is 124 cm³/mol. The molecule has 2 aromatic carbocycles. The zero-order valence-corrected chi connectivity index (χ0v) is 20.1. The summed E-state index contributed by atoms with van der Waals surface area (Å²) in [6, 6.07) is 11.7. The summed E-state index contributed by atoms with van der Waals surface area (Å²) in [6.45, 7) is 4.36. The third kappa shape index (κ3) is 7.49. The smallest absolute Gasteiger partial charge is 0.261 e. The van der Waals surface area contributed by atoms with Gasteiger partial charge >= 0.3 is 0 Å². The maximum Gasteiger partial charge on any atom is 0.261 e. The Kier molecular flexibility index (Phi) is 9.95. The number of hydrogen-bond donors (Lipinski definition) is 1. The van der Waals surface area contributed by atoms with Crippen molar-refractivity contribution in [3.8, 4) is 5.75 Å². The number of nitrogens with one attached hydrogen (secondary N) is 1. The second kappa shape index (κ2) is 12.2. The number of amides is 2. The van der Waals surface area contributed by atoms with Crippen LogP contribution in [0.4, 0.5) is 0 Å². The Bertz CT molecular complexity index is 862. The minimum atomic E-state index is -0.658. The van der Waals surface area contributed by atoms with Crippen molar-refractivity contribution in [3.05, 3.63) is 62.5 Å². The van der Waals surface area contributed by atoms with E-state index in [9.17, 15) is 9.59 Å². The van der Waals surface area contributed by atoms with E-state index < -0.39 is 6.04 Å². The first-order chi connectivity index (χ1) is 14.3. The lowest BCUT2D eigenvalue weighted by Gasteiger charge is -2.29. The van der Waals surface area contributed by atoms with Gasteiger partial charge in [0.25, 0.3) is 5.91 Å². The predicted octanol–water partition coefficient (Wildman–Crippen LogP) is 5.47. The van der Waals surface area contributed by atoms with E-state index in [1.54, 1.807) is 37.3 Å². The van der Waals surface area contributed by atoms with Gasteiger partial charge in [-0.05, 0) is 49.2 Å². The van der Waals surface area contributed by atoms with E-state index in [1.807, 2.05) is 12.1 Å². The van der Waals surface area contributed by atoms with E-state index in [0.29, 0.717) is 22.3 Å². The normalized spacial score (nSPS) is 11.6. The molecule has 162 valence electrons. The number of halogens is 3. The lowest BCUT2D eigenvalue weighted by atomic mass is 10.1. The molecule has 0 aromatic heterocycles. The fourth-order valence-electron chi connectivity index (χ4n) is 2.72. The summed E-state index contributed by atoms with van der Waals surface area (Å²) in [5, 5.41) is 3.88. The molecule has 0 saturated heterocycles. The van der Waals surface area contributed by atoms with Crippen LogP contribution in [0, 0.1) is 0 Å². The standard InChI is InChI=1S/C22H25BrCl2N2O3/c1-3-4-11-26-22(29)15(2)27(13-16-5-8-18(24)9-6-16)21(28)14-30-20-10-7-17(23)12-19(20)25/h5-10,12,15H,3-4,11,13-14H2,1-2H3,(H,26,29). The highest BCUT2D eigenvalue weighted by Gasteiger charge is 2.26. The quantitative estimate of drug-likeness (QED) is 0.427. The third-order valence-corrected chi connectivity index (χ3v) is 5.55.